The SMILES string of the molecule is C[C@H](c1cccs1)N(C)C(=O)CCc1nc(-c2ccc(F)cc2)no1. The molecule has 7 heteroatoms. The van der Waals surface area contributed by atoms with Gasteiger partial charge in [0.1, 0.15) is 5.82 Å². The lowest BCUT2D eigenvalue weighted by molar-refractivity contribution is -0.131. The van der Waals surface area contributed by atoms with E-state index >= 15 is 0 Å². The molecule has 0 saturated heterocycles. The normalized spacial score (nSPS) is 12.1. The molecule has 5 nitrogen and oxygen atoms in total. The lowest BCUT2D eigenvalue weighted by Crippen LogP contribution is -2.29. The molecule has 0 aliphatic heterocycles. The summed E-state index contributed by atoms with van der Waals surface area (Å²) in [5.74, 6) is 0.482. The number of benzene rings is 1. The maximum Gasteiger partial charge on any atom is 0.227 e. The van der Waals surface area contributed by atoms with E-state index in [2.05, 4.69) is 10.1 Å². The topological polar surface area (TPSA) is 59.2 Å². The summed E-state index contributed by atoms with van der Waals surface area (Å²) >= 11 is 1.63. The molecule has 1 atom stereocenters. The summed E-state index contributed by atoms with van der Waals surface area (Å²) < 4.78 is 18.1. The molecule has 1 amide bonds. The molecule has 25 heavy (non-hydrogen) atoms. The zero-order valence-electron chi connectivity index (χ0n) is 14.0. The summed E-state index contributed by atoms with van der Waals surface area (Å²) in [4.78, 5) is 19.5. The predicted molar refractivity (Wildman–Crippen MR) is 93.5 cm³/mol. The number of rotatable bonds is 6. The number of carbonyl (C=O) groups is 1. The van der Waals surface area contributed by atoms with Crippen molar-refractivity contribution >= 4 is 17.2 Å². The first-order chi connectivity index (χ1) is 12.0. The quantitative estimate of drug-likeness (QED) is 0.665. The molecule has 3 rings (SSSR count). The van der Waals surface area contributed by atoms with Crippen molar-refractivity contribution in [1.29, 1.82) is 0 Å². The third-order valence-corrected chi connectivity index (χ3v) is 5.10. The van der Waals surface area contributed by atoms with Gasteiger partial charge >= 0.3 is 0 Å². The molecule has 2 aromatic heterocycles. The van der Waals surface area contributed by atoms with E-state index < -0.39 is 0 Å². The van der Waals surface area contributed by atoms with Gasteiger partial charge in [-0.05, 0) is 42.6 Å². The van der Waals surface area contributed by atoms with Crippen molar-refractivity contribution in [2.45, 2.75) is 25.8 Å². The van der Waals surface area contributed by atoms with Crippen LogP contribution in [0.5, 0.6) is 0 Å². The first-order valence-corrected chi connectivity index (χ1v) is 8.80. The summed E-state index contributed by atoms with van der Waals surface area (Å²) in [7, 11) is 1.80. The van der Waals surface area contributed by atoms with E-state index in [1.807, 2.05) is 24.4 Å². The number of hydrogen-bond acceptors (Lipinski definition) is 5. The molecule has 1 aromatic carbocycles. The number of aromatic nitrogens is 2. The number of carbonyl (C=O) groups excluding carboxylic acids is 1. The summed E-state index contributed by atoms with van der Waals surface area (Å²) in [5.41, 5.74) is 0.672. The van der Waals surface area contributed by atoms with E-state index in [0.717, 1.165) is 4.88 Å². The highest BCUT2D eigenvalue weighted by atomic mass is 32.1. The van der Waals surface area contributed by atoms with Crippen molar-refractivity contribution in [3.8, 4) is 11.4 Å². The van der Waals surface area contributed by atoms with Gasteiger partial charge in [0.25, 0.3) is 0 Å². The molecule has 130 valence electrons. The van der Waals surface area contributed by atoms with Gasteiger partial charge in [-0.2, -0.15) is 4.98 Å². The van der Waals surface area contributed by atoms with Crippen molar-refractivity contribution in [2.24, 2.45) is 0 Å². The molecule has 0 aliphatic rings. The Hall–Kier alpha value is -2.54. The zero-order chi connectivity index (χ0) is 17.8. The van der Waals surface area contributed by atoms with Gasteiger partial charge in [-0.1, -0.05) is 11.2 Å². The van der Waals surface area contributed by atoms with Crippen LogP contribution in [0, 0.1) is 5.82 Å². The highest BCUT2D eigenvalue weighted by Gasteiger charge is 2.19. The van der Waals surface area contributed by atoms with E-state index in [0.29, 0.717) is 23.7 Å². The van der Waals surface area contributed by atoms with Gasteiger partial charge in [0.2, 0.25) is 17.6 Å². The van der Waals surface area contributed by atoms with Crippen LogP contribution in [0.1, 0.15) is 30.2 Å². The van der Waals surface area contributed by atoms with Gasteiger partial charge in [0.15, 0.2) is 0 Å². The van der Waals surface area contributed by atoms with Crippen LogP contribution in [0.25, 0.3) is 11.4 Å². The predicted octanol–water partition coefficient (Wildman–Crippen LogP) is 4.09. The Kier molecular flexibility index (Phi) is 5.23. The highest BCUT2D eigenvalue weighted by Crippen LogP contribution is 2.24. The molecule has 0 spiro atoms. The fourth-order valence-corrected chi connectivity index (χ4v) is 3.23. The lowest BCUT2D eigenvalue weighted by Gasteiger charge is -2.23. The Morgan fingerprint density at radius 3 is 2.76 bits per heavy atom. The van der Waals surface area contributed by atoms with Crippen molar-refractivity contribution in [3.63, 3.8) is 0 Å². The minimum atomic E-state index is -0.319. The van der Waals surface area contributed by atoms with Gasteiger partial charge in [-0.25, -0.2) is 4.39 Å². The largest absolute Gasteiger partial charge is 0.339 e. The summed E-state index contributed by atoms with van der Waals surface area (Å²) in [5, 5.41) is 5.88. The Bertz CT molecular complexity index is 830. The maximum atomic E-state index is 13.0. The van der Waals surface area contributed by atoms with Crippen molar-refractivity contribution in [1.82, 2.24) is 15.0 Å². The van der Waals surface area contributed by atoms with Crippen LogP contribution in [0.15, 0.2) is 46.3 Å². The summed E-state index contributed by atoms with van der Waals surface area (Å²) in [6, 6.07) is 9.89. The third-order valence-electron chi connectivity index (χ3n) is 4.05. The van der Waals surface area contributed by atoms with E-state index in [1.165, 1.54) is 12.1 Å². The monoisotopic (exact) mass is 359 g/mol. The van der Waals surface area contributed by atoms with Gasteiger partial charge in [-0.3, -0.25) is 4.79 Å². The van der Waals surface area contributed by atoms with Crippen LogP contribution in [-0.2, 0) is 11.2 Å². The van der Waals surface area contributed by atoms with Gasteiger partial charge < -0.3 is 9.42 Å². The summed E-state index contributed by atoms with van der Waals surface area (Å²) in [6.07, 6.45) is 0.659. The average Bonchev–Trinajstić information content (AvgIpc) is 3.31. The molecule has 3 aromatic rings. The van der Waals surface area contributed by atoms with E-state index in [-0.39, 0.29) is 24.2 Å². The Morgan fingerprint density at radius 1 is 1.32 bits per heavy atom. The minimum Gasteiger partial charge on any atom is -0.339 e. The fraction of sp³-hybridized carbons (Fsp3) is 0.278. The summed E-state index contributed by atoms with van der Waals surface area (Å²) in [6.45, 7) is 2.00. The van der Waals surface area contributed by atoms with Crippen molar-refractivity contribution in [3.05, 3.63) is 58.4 Å². The molecule has 0 radical (unpaired) electrons. The van der Waals surface area contributed by atoms with Gasteiger partial charge in [-0.15, -0.1) is 11.3 Å². The molecule has 0 unspecified atom stereocenters. The molecular formula is C18H18FN3O2S. The maximum absolute atomic E-state index is 13.0. The van der Waals surface area contributed by atoms with Crippen molar-refractivity contribution in [2.75, 3.05) is 7.05 Å². The number of hydrogen-bond donors (Lipinski definition) is 0. The molecule has 0 saturated carbocycles. The number of amides is 1. The lowest BCUT2D eigenvalue weighted by atomic mass is 10.2. The zero-order valence-corrected chi connectivity index (χ0v) is 14.8. The Balaban J connectivity index is 1.58. The van der Waals surface area contributed by atoms with E-state index in [9.17, 15) is 9.18 Å². The molecule has 0 fully saturated rings. The molecule has 0 bridgehead atoms. The first kappa shape index (κ1) is 17.3. The molecule has 0 N–H and O–H groups in total. The fourth-order valence-electron chi connectivity index (χ4n) is 2.40. The number of thiophene rings is 1. The first-order valence-electron chi connectivity index (χ1n) is 7.92. The molecule has 0 aliphatic carbocycles. The number of aryl methyl sites for hydroxylation is 1. The van der Waals surface area contributed by atoms with E-state index in [1.54, 1.807) is 35.4 Å². The Labute approximate surface area is 149 Å². The molecule has 2 heterocycles. The van der Waals surface area contributed by atoms with Gasteiger partial charge in [0.05, 0.1) is 6.04 Å². The van der Waals surface area contributed by atoms with Crippen LogP contribution in [0.3, 0.4) is 0 Å². The average molecular weight is 359 g/mol. The second-order valence-electron chi connectivity index (χ2n) is 5.71. The van der Waals surface area contributed by atoms with Crippen molar-refractivity contribution < 1.29 is 13.7 Å². The minimum absolute atomic E-state index is 0.0161. The third kappa shape index (κ3) is 4.11. The van der Waals surface area contributed by atoms with Crippen LogP contribution in [0.2, 0.25) is 0 Å². The van der Waals surface area contributed by atoms with Crippen LogP contribution < -0.4 is 0 Å². The second kappa shape index (κ2) is 7.57. The highest BCUT2D eigenvalue weighted by molar-refractivity contribution is 7.10. The number of nitrogens with zero attached hydrogens (tertiary/aromatic N) is 3. The second-order valence-corrected chi connectivity index (χ2v) is 6.69. The number of halogens is 1. The van der Waals surface area contributed by atoms with Crippen LogP contribution in [-0.4, -0.2) is 28.0 Å². The van der Waals surface area contributed by atoms with Crippen LogP contribution >= 0.6 is 11.3 Å². The standard InChI is InChI=1S/C18H18FN3O2S/c1-12(15-4-3-11-25-15)22(2)17(23)10-9-16-20-18(21-24-16)13-5-7-14(19)8-6-13/h3-8,11-12H,9-10H2,1-2H3/t12-/m1/s1. The van der Waals surface area contributed by atoms with E-state index in [4.69, 9.17) is 4.52 Å². The molecular weight excluding hydrogens is 341 g/mol. The Morgan fingerprint density at radius 2 is 2.08 bits per heavy atom. The van der Waals surface area contributed by atoms with Gasteiger partial charge in [0, 0.05) is 30.3 Å². The van der Waals surface area contributed by atoms with Crippen LogP contribution in [0.4, 0.5) is 4.39 Å². The smallest absolute Gasteiger partial charge is 0.227 e.